The van der Waals surface area contributed by atoms with E-state index in [9.17, 15) is 9.90 Å². The van der Waals surface area contributed by atoms with Gasteiger partial charge in [-0.1, -0.05) is 22.0 Å². The van der Waals surface area contributed by atoms with Crippen molar-refractivity contribution in [2.45, 2.75) is 0 Å². The van der Waals surface area contributed by atoms with E-state index in [1.807, 2.05) is 6.07 Å². The Morgan fingerprint density at radius 2 is 2.00 bits per heavy atom. The van der Waals surface area contributed by atoms with Crippen molar-refractivity contribution in [3.05, 3.63) is 58.1 Å². The summed E-state index contributed by atoms with van der Waals surface area (Å²) in [5.41, 5.74) is 3.20. The summed E-state index contributed by atoms with van der Waals surface area (Å²) in [4.78, 5) is 11.8. The summed E-state index contributed by atoms with van der Waals surface area (Å²) in [6.07, 6.45) is 1.30. The van der Waals surface area contributed by atoms with E-state index in [2.05, 4.69) is 26.5 Å². The van der Waals surface area contributed by atoms with E-state index in [0.717, 1.165) is 4.47 Å². The maximum absolute atomic E-state index is 11.8. The van der Waals surface area contributed by atoms with Crippen LogP contribution in [0.2, 0.25) is 0 Å². The monoisotopic (exact) mass is 334 g/mol. The number of nitrogens with zero attached hydrogens (tertiary/aromatic N) is 1. The summed E-state index contributed by atoms with van der Waals surface area (Å²) >= 11 is 3.28. The molecule has 0 fully saturated rings. The van der Waals surface area contributed by atoms with E-state index in [4.69, 9.17) is 5.11 Å². The molecule has 2 aromatic rings. The molecule has 0 bridgehead atoms. The zero-order valence-corrected chi connectivity index (χ0v) is 11.8. The van der Waals surface area contributed by atoms with Crippen LogP contribution in [0.15, 0.2) is 52.0 Å². The molecule has 0 unspecified atom stereocenters. The van der Waals surface area contributed by atoms with Crippen molar-refractivity contribution in [1.29, 1.82) is 0 Å². The van der Waals surface area contributed by atoms with Gasteiger partial charge in [0.1, 0.15) is 11.5 Å². The lowest BCUT2D eigenvalue weighted by atomic mass is 10.2. The van der Waals surface area contributed by atoms with Gasteiger partial charge in [-0.2, -0.15) is 5.10 Å². The molecule has 2 rings (SSSR count). The van der Waals surface area contributed by atoms with Crippen molar-refractivity contribution in [3.63, 3.8) is 0 Å². The molecule has 20 heavy (non-hydrogen) atoms. The Morgan fingerprint density at radius 3 is 2.70 bits per heavy atom. The quantitative estimate of drug-likeness (QED) is 0.596. The first-order chi connectivity index (χ1) is 9.56. The zero-order chi connectivity index (χ0) is 14.5. The molecular formula is C14H11BrN2O3. The molecule has 2 aromatic carbocycles. The average Bonchev–Trinajstić information content (AvgIpc) is 2.41. The van der Waals surface area contributed by atoms with Crippen LogP contribution < -0.4 is 5.43 Å². The normalized spacial score (nSPS) is 10.7. The predicted molar refractivity (Wildman–Crippen MR) is 79.0 cm³/mol. The fraction of sp³-hybridized carbons (Fsp3) is 0. The third-order valence-electron chi connectivity index (χ3n) is 2.47. The molecule has 0 aliphatic rings. The molecule has 6 heteroatoms. The van der Waals surface area contributed by atoms with Gasteiger partial charge in [-0.25, -0.2) is 5.43 Å². The highest BCUT2D eigenvalue weighted by atomic mass is 79.9. The molecule has 3 N–H and O–H groups in total. The SMILES string of the molecule is O=C(N/N=C\c1ccc(O)cc1O)c1cccc(Br)c1. The molecule has 1 amide bonds. The van der Waals surface area contributed by atoms with Crippen LogP contribution in [0.4, 0.5) is 0 Å². The third kappa shape index (κ3) is 3.58. The molecule has 5 nitrogen and oxygen atoms in total. The number of carbonyl (C=O) groups is 1. The third-order valence-corrected chi connectivity index (χ3v) is 2.96. The molecule has 0 aromatic heterocycles. The fourth-order valence-corrected chi connectivity index (χ4v) is 1.90. The lowest BCUT2D eigenvalue weighted by Gasteiger charge is -2.01. The highest BCUT2D eigenvalue weighted by Crippen LogP contribution is 2.20. The van der Waals surface area contributed by atoms with E-state index >= 15 is 0 Å². The summed E-state index contributed by atoms with van der Waals surface area (Å²) in [5.74, 6) is -0.524. The van der Waals surface area contributed by atoms with Gasteiger partial charge < -0.3 is 10.2 Å². The Morgan fingerprint density at radius 1 is 1.20 bits per heavy atom. The van der Waals surface area contributed by atoms with Gasteiger partial charge in [0.15, 0.2) is 0 Å². The Labute approximate surface area is 123 Å². The second-order valence-corrected chi connectivity index (χ2v) is 4.87. The first-order valence-corrected chi connectivity index (χ1v) is 6.46. The van der Waals surface area contributed by atoms with Gasteiger partial charge in [0, 0.05) is 21.7 Å². The van der Waals surface area contributed by atoms with Gasteiger partial charge in [-0.3, -0.25) is 4.79 Å². The predicted octanol–water partition coefficient (Wildman–Crippen LogP) is 2.62. The topological polar surface area (TPSA) is 81.9 Å². The summed E-state index contributed by atoms with van der Waals surface area (Å²) in [6, 6.07) is 11.0. The van der Waals surface area contributed by atoms with Crippen LogP contribution in [0.5, 0.6) is 11.5 Å². The molecular weight excluding hydrogens is 324 g/mol. The summed E-state index contributed by atoms with van der Waals surface area (Å²) < 4.78 is 0.797. The van der Waals surface area contributed by atoms with Crippen LogP contribution >= 0.6 is 15.9 Å². The Bertz CT molecular complexity index is 671. The maximum atomic E-state index is 11.8. The van der Waals surface area contributed by atoms with Crippen molar-refractivity contribution >= 4 is 28.1 Å². The number of halogens is 1. The first-order valence-electron chi connectivity index (χ1n) is 5.67. The van der Waals surface area contributed by atoms with Crippen LogP contribution in [0, 0.1) is 0 Å². The first kappa shape index (κ1) is 14.1. The number of nitrogens with one attached hydrogen (secondary N) is 1. The van der Waals surface area contributed by atoms with E-state index in [0.29, 0.717) is 11.1 Å². The largest absolute Gasteiger partial charge is 0.508 e. The number of hydrogen-bond acceptors (Lipinski definition) is 4. The van der Waals surface area contributed by atoms with Crippen LogP contribution in [0.1, 0.15) is 15.9 Å². The molecule has 0 aliphatic carbocycles. The van der Waals surface area contributed by atoms with Crippen molar-refractivity contribution in [3.8, 4) is 11.5 Å². The summed E-state index contributed by atoms with van der Waals surface area (Å²) in [6.45, 7) is 0. The number of hydrogen-bond donors (Lipinski definition) is 3. The Kier molecular flexibility index (Phi) is 4.37. The number of carbonyl (C=O) groups excluding carboxylic acids is 1. The van der Waals surface area contributed by atoms with E-state index in [1.54, 1.807) is 18.2 Å². The lowest BCUT2D eigenvalue weighted by molar-refractivity contribution is 0.0955. The molecule has 102 valence electrons. The number of hydrazone groups is 1. The van der Waals surface area contributed by atoms with Crippen LogP contribution in [0.3, 0.4) is 0 Å². The van der Waals surface area contributed by atoms with Gasteiger partial charge in [-0.05, 0) is 30.3 Å². The van der Waals surface area contributed by atoms with Gasteiger partial charge in [0.2, 0.25) is 0 Å². The lowest BCUT2D eigenvalue weighted by Crippen LogP contribution is -2.17. The molecule has 0 radical (unpaired) electrons. The van der Waals surface area contributed by atoms with Gasteiger partial charge in [-0.15, -0.1) is 0 Å². The minimum atomic E-state index is -0.360. The fourth-order valence-electron chi connectivity index (χ4n) is 1.50. The zero-order valence-electron chi connectivity index (χ0n) is 10.2. The molecule has 0 saturated heterocycles. The van der Waals surface area contributed by atoms with E-state index < -0.39 is 0 Å². The van der Waals surface area contributed by atoms with Crippen LogP contribution in [-0.4, -0.2) is 22.3 Å². The van der Waals surface area contributed by atoms with Gasteiger partial charge in [0.25, 0.3) is 5.91 Å². The van der Waals surface area contributed by atoms with Crippen molar-refractivity contribution < 1.29 is 15.0 Å². The van der Waals surface area contributed by atoms with Gasteiger partial charge in [0.05, 0.1) is 6.21 Å². The summed E-state index contributed by atoms with van der Waals surface area (Å²) in [5, 5.41) is 22.4. The standard InChI is InChI=1S/C14H11BrN2O3/c15-11-3-1-2-9(6-11)14(20)17-16-8-10-4-5-12(18)7-13(10)19/h1-8,18-19H,(H,17,20)/b16-8-. The summed E-state index contributed by atoms with van der Waals surface area (Å²) in [7, 11) is 0. The molecule has 0 heterocycles. The number of amides is 1. The Balaban J connectivity index is 2.04. The van der Waals surface area contributed by atoms with Crippen molar-refractivity contribution in [1.82, 2.24) is 5.43 Å². The minimum absolute atomic E-state index is 0.0437. The number of phenolic OH excluding ortho intramolecular Hbond substituents is 2. The van der Waals surface area contributed by atoms with Crippen molar-refractivity contribution in [2.75, 3.05) is 0 Å². The van der Waals surface area contributed by atoms with E-state index in [-0.39, 0.29) is 17.4 Å². The number of rotatable bonds is 3. The van der Waals surface area contributed by atoms with Gasteiger partial charge >= 0.3 is 0 Å². The van der Waals surface area contributed by atoms with Crippen molar-refractivity contribution in [2.24, 2.45) is 5.10 Å². The Hall–Kier alpha value is -2.34. The molecule has 0 spiro atoms. The molecule has 0 saturated carbocycles. The van der Waals surface area contributed by atoms with Crippen LogP contribution in [0.25, 0.3) is 0 Å². The minimum Gasteiger partial charge on any atom is -0.508 e. The van der Waals surface area contributed by atoms with E-state index in [1.165, 1.54) is 24.4 Å². The number of phenols is 2. The molecule has 0 atom stereocenters. The average molecular weight is 335 g/mol. The smallest absolute Gasteiger partial charge is 0.271 e. The molecule has 0 aliphatic heterocycles. The highest BCUT2D eigenvalue weighted by molar-refractivity contribution is 9.10. The second kappa shape index (κ2) is 6.21. The van der Waals surface area contributed by atoms with Crippen LogP contribution in [-0.2, 0) is 0 Å². The number of benzene rings is 2. The maximum Gasteiger partial charge on any atom is 0.271 e. The number of aromatic hydroxyl groups is 2. The second-order valence-electron chi connectivity index (χ2n) is 3.95. The highest BCUT2D eigenvalue weighted by Gasteiger charge is 2.04.